The quantitative estimate of drug-likeness (QED) is 0.418. The molecule has 1 spiro atoms. The Morgan fingerprint density at radius 3 is 2.63 bits per heavy atom. The predicted molar refractivity (Wildman–Crippen MR) is 161 cm³/mol. The molecule has 2 amide bonds. The summed E-state index contributed by atoms with van der Waals surface area (Å²) in [6.45, 7) is 11.1. The first-order valence-corrected chi connectivity index (χ1v) is 15.1. The van der Waals surface area contributed by atoms with Gasteiger partial charge in [-0.05, 0) is 62.0 Å². The van der Waals surface area contributed by atoms with Crippen LogP contribution in [-0.2, 0) is 19.7 Å². The van der Waals surface area contributed by atoms with Crippen LogP contribution in [0.4, 0.5) is 10.1 Å². The molecule has 0 bridgehead atoms. The average molecular weight is 606 g/mol. The van der Waals surface area contributed by atoms with E-state index < -0.39 is 17.3 Å². The van der Waals surface area contributed by atoms with Crippen LogP contribution in [0.3, 0.4) is 0 Å². The third-order valence-electron chi connectivity index (χ3n) is 8.67. The van der Waals surface area contributed by atoms with Gasteiger partial charge in [-0.2, -0.15) is 0 Å². The lowest BCUT2D eigenvalue weighted by molar-refractivity contribution is -0.125. The second-order valence-electron chi connectivity index (χ2n) is 12.7. The first kappa shape index (κ1) is 30.2. The first-order valence-electron chi connectivity index (χ1n) is 14.3. The zero-order valence-electron chi connectivity index (χ0n) is 24.2. The summed E-state index contributed by atoms with van der Waals surface area (Å²) < 4.78 is 20.9. The van der Waals surface area contributed by atoms with Crippen LogP contribution in [0.1, 0.15) is 45.6 Å². The molecule has 3 unspecified atom stereocenters. The van der Waals surface area contributed by atoms with E-state index in [4.69, 9.17) is 27.9 Å². The molecule has 0 aromatic heterocycles. The molecule has 3 atom stereocenters. The molecule has 2 aromatic rings. The van der Waals surface area contributed by atoms with Gasteiger partial charge < -0.3 is 15.4 Å². The molecule has 10 heteroatoms. The number of fused-ring (bicyclic) bond motifs is 2. The van der Waals surface area contributed by atoms with Gasteiger partial charge in [-0.1, -0.05) is 56.1 Å². The Kier molecular flexibility index (Phi) is 8.71. The molecule has 222 valence electrons. The normalized spacial score (nSPS) is 25.0. The van der Waals surface area contributed by atoms with E-state index in [0.717, 1.165) is 39.3 Å². The zero-order chi connectivity index (χ0) is 29.5. The van der Waals surface area contributed by atoms with Crippen molar-refractivity contribution in [2.75, 3.05) is 51.8 Å². The summed E-state index contributed by atoms with van der Waals surface area (Å²) in [6, 6.07) is 7.40. The largest absolute Gasteiger partial charge is 0.379 e. The second-order valence-corrected chi connectivity index (χ2v) is 13.5. The van der Waals surface area contributed by atoms with Crippen LogP contribution in [0.25, 0.3) is 11.1 Å². The van der Waals surface area contributed by atoms with Gasteiger partial charge in [0, 0.05) is 47.5 Å². The number of carbonyl (C=O) groups is 2. The molecule has 0 radical (unpaired) electrons. The van der Waals surface area contributed by atoms with Gasteiger partial charge in [-0.25, -0.2) is 4.39 Å². The van der Waals surface area contributed by atoms with Crippen molar-refractivity contribution in [2.24, 2.45) is 5.41 Å². The predicted octanol–water partition coefficient (Wildman–Crippen LogP) is 5.34. The molecule has 5 rings (SSSR count). The highest BCUT2D eigenvalue weighted by Gasteiger charge is 2.62. The maximum Gasteiger partial charge on any atom is 0.237 e. The number of amides is 2. The van der Waals surface area contributed by atoms with Gasteiger partial charge >= 0.3 is 0 Å². The van der Waals surface area contributed by atoms with Crippen molar-refractivity contribution in [2.45, 2.75) is 57.5 Å². The van der Waals surface area contributed by atoms with Gasteiger partial charge in [0.2, 0.25) is 11.8 Å². The Morgan fingerprint density at radius 1 is 1.20 bits per heavy atom. The Bertz CT molecular complexity index is 1330. The number of hydrogen-bond donors (Lipinski definition) is 2. The first-order chi connectivity index (χ1) is 19.4. The van der Waals surface area contributed by atoms with Gasteiger partial charge in [0.05, 0.1) is 29.7 Å². The minimum atomic E-state index is -1.08. The molecular weight excluding hydrogens is 566 g/mol. The van der Waals surface area contributed by atoms with Gasteiger partial charge in [-0.3, -0.25) is 19.4 Å². The van der Waals surface area contributed by atoms with Crippen LogP contribution >= 0.6 is 23.2 Å². The lowest BCUT2D eigenvalue weighted by Crippen LogP contribution is -2.49. The van der Waals surface area contributed by atoms with E-state index >= 15 is 4.39 Å². The number of anilines is 1. The Balaban J connectivity index is 1.50. The number of hydrogen-bond acceptors (Lipinski definition) is 5. The third kappa shape index (κ3) is 5.87. The number of carbonyl (C=O) groups excluding carboxylic acids is 2. The average Bonchev–Trinajstić information content (AvgIpc) is 3.35. The van der Waals surface area contributed by atoms with Gasteiger partial charge in [0.15, 0.2) is 0 Å². The Morgan fingerprint density at radius 2 is 1.93 bits per heavy atom. The second kappa shape index (κ2) is 11.8. The number of morpholine rings is 1. The fraction of sp³-hybridized carbons (Fsp3) is 0.548. The molecule has 2 fully saturated rings. The minimum Gasteiger partial charge on any atom is -0.379 e. The summed E-state index contributed by atoms with van der Waals surface area (Å²) in [4.78, 5) is 32.2. The van der Waals surface area contributed by atoms with Crippen molar-refractivity contribution >= 4 is 40.7 Å². The van der Waals surface area contributed by atoms with E-state index in [-0.39, 0.29) is 40.3 Å². The molecule has 41 heavy (non-hydrogen) atoms. The van der Waals surface area contributed by atoms with Crippen molar-refractivity contribution in [1.82, 2.24) is 15.1 Å². The van der Waals surface area contributed by atoms with Crippen molar-refractivity contribution < 1.29 is 18.7 Å². The lowest BCUT2D eigenvalue weighted by Gasteiger charge is -2.37. The van der Waals surface area contributed by atoms with Gasteiger partial charge in [-0.15, -0.1) is 0 Å². The Hall–Kier alpha value is -2.23. The summed E-state index contributed by atoms with van der Waals surface area (Å²) in [6.07, 6.45) is 1.76. The number of rotatable bonds is 7. The summed E-state index contributed by atoms with van der Waals surface area (Å²) in [5.74, 6) is -0.862. The van der Waals surface area contributed by atoms with E-state index in [1.54, 1.807) is 24.3 Å². The van der Waals surface area contributed by atoms with Crippen molar-refractivity contribution in [1.29, 1.82) is 0 Å². The molecule has 7 nitrogen and oxygen atoms in total. The highest BCUT2D eigenvalue weighted by atomic mass is 35.5. The molecular formula is C31H39Cl2FN4O3. The lowest BCUT2D eigenvalue weighted by atomic mass is 9.68. The summed E-state index contributed by atoms with van der Waals surface area (Å²) in [5.41, 5.74) is 0.798. The van der Waals surface area contributed by atoms with Gasteiger partial charge in [0.25, 0.3) is 0 Å². The smallest absolute Gasteiger partial charge is 0.237 e. The highest BCUT2D eigenvalue weighted by molar-refractivity contribution is 6.32. The highest BCUT2D eigenvalue weighted by Crippen LogP contribution is 2.56. The fourth-order valence-electron chi connectivity index (χ4n) is 6.75. The molecule has 3 heterocycles. The number of likely N-dealkylation sites (tertiary alicyclic amines) is 1. The number of nitrogens with one attached hydrogen (secondary N) is 2. The van der Waals surface area contributed by atoms with E-state index in [1.165, 1.54) is 6.07 Å². The van der Waals surface area contributed by atoms with E-state index in [1.807, 2.05) is 11.9 Å². The van der Waals surface area contributed by atoms with Crippen LogP contribution in [0.2, 0.25) is 10.0 Å². The van der Waals surface area contributed by atoms with Gasteiger partial charge in [0.1, 0.15) is 5.82 Å². The van der Waals surface area contributed by atoms with Crippen molar-refractivity contribution in [3.63, 3.8) is 0 Å². The molecule has 2 aromatic carbocycles. The zero-order valence-corrected chi connectivity index (χ0v) is 25.7. The maximum atomic E-state index is 15.5. The van der Waals surface area contributed by atoms with Crippen LogP contribution in [0.5, 0.6) is 0 Å². The van der Waals surface area contributed by atoms with Crippen LogP contribution in [0.15, 0.2) is 30.3 Å². The summed E-state index contributed by atoms with van der Waals surface area (Å²) >= 11 is 12.7. The molecule has 3 aliphatic rings. The minimum absolute atomic E-state index is 0.00771. The van der Waals surface area contributed by atoms with Crippen LogP contribution < -0.4 is 10.6 Å². The molecule has 2 N–H and O–H groups in total. The number of nitrogens with zero attached hydrogens (tertiary/aromatic N) is 2. The molecule has 0 aliphatic carbocycles. The molecule has 2 saturated heterocycles. The number of benzene rings is 2. The molecule has 3 aliphatic heterocycles. The summed E-state index contributed by atoms with van der Waals surface area (Å²) in [5, 5.41) is 6.54. The van der Waals surface area contributed by atoms with Crippen LogP contribution in [-0.4, -0.2) is 80.1 Å². The number of halogens is 3. The number of ether oxygens (including phenoxy) is 1. The molecule has 0 saturated carbocycles. The third-order valence-corrected chi connectivity index (χ3v) is 9.18. The van der Waals surface area contributed by atoms with Crippen molar-refractivity contribution in [3.05, 3.63) is 51.8 Å². The SMILES string of the molecule is CN1C(C(=O)NCCCN2CCOCC2)CC2(C(=O)Nc3cc(Cl)cc(-c4cccc(Cl)c4F)c32)C1CC(C)(C)C. The topological polar surface area (TPSA) is 73.9 Å². The van der Waals surface area contributed by atoms with E-state index in [2.05, 4.69) is 36.3 Å². The van der Waals surface area contributed by atoms with E-state index in [0.29, 0.717) is 34.8 Å². The van der Waals surface area contributed by atoms with Crippen molar-refractivity contribution in [3.8, 4) is 11.1 Å². The van der Waals surface area contributed by atoms with E-state index in [9.17, 15) is 9.59 Å². The Labute approximate surface area is 251 Å². The standard InChI is InChI=1S/C31H39Cl2FN4O3/c1-30(2,3)18-25-31(17-24(37(25)4)28(39)35-9-6-10-38-11-13-41-14-12-38)26-21(20-7-5-8-22(33)27(20)34)15-19(32)16-23(26)36-29(31)40/h5,7-8,15-16,24-25H,6,9-14,17-18H2,1-4H3,(H,35,39)(H,36,40). The fourth-order valence-corrected chi connectivity index (χ4v) is 7.15. The number of likely N-dealkylation sites (N-methyl/N-ethyl adjacent to an activating group) is 1. The summed E-state index contributed by atoms with van der Waals surface area (Å²) in [7, 11) is 1.92. The monoisotopic (exact) mass is 604 g/mol. The van der Waals surface area contributed by atoms with Crippen LogP contribution in [0, 0.1) is 11.2 Å². The maximum absolute atomic E-state index is 15.5.